The largest absolute Gasteiger partial charge is 0.462 e. The van der Waals surface area contributed by atoms with Crippen molar-refractivity contribution in [3.63, 3.8) is 0 Å². The highest BCUT2D eigenvalue weighted by Crippen LogP contribution is 2.66. The van der Waals surface area contributed by atoms with Crippen LogP contribution in [0.25, 0.3) is 0 Å². The van der Waals surface area contributed by atoms with E-state index in [1.54, 1.807) is 0 Å². The summed E-state index contributed by atoms with van der Waals surface area (Å²) in [5.74, 6) is 6.80. The Morgan fingerprint density at radius 3 is 1.72 bits per heavy atom. The van der Waals surface area contributed by atoms with Gasteiger partial charge in [0.1, 0.15) is 18.8 Å². The van der Waals surface area contributed by atoms with Gasteiger partial charge in [0, 0.05) is 5.41 Å². The summed E-state index contributed by atoms with van der Waals surface area (Å²) in [6.45, 7) is 21.0. The number of esters is 1. The summed E-state index contributed by atoms with van der Waals surface area (Å²) in [5.41, 5.74) is -0.437. The maximum Gasteiger partial charge on any atom is 0.312 e. The molecule has 0 aromatic carbocycles. The summed E-state index contributed by atoms with van der Waals surface area (Å²) in [6.07, 6.45) is 16.1. The summed E-state index contributed by atoms with van der Waals surface area (Å²) < 4.78 is 23.6. The van der Waals surface area contributed by atoms with Gasteiger partial charge >= 0.3 is 5.97 Å². The fourth-order valence-electron chi connectivity index (χ4n) is 15.1. The van der Waals surface area contributed by atoms with E-state index in [0.717, 1.165) is 80.0 Å². The quantitative estimate of drug-likeness (QED) is 0.105. The molecule has 16 unspecified atom stereocenters. The van der Waals surface area contributed by atoms with Crippen LogP contribution in [-0.2, 0) is 23.7 Å². The van der Waals surface area contributed by atoms with Crippen molar-refractivity contribution in [3.8, 4) is 0 Å². The normalized spacial score (nSPS) is 42.9. The van der Waals surface area contributed by atoms with Crippen LogP contribution in [0.15, 0.2) is 0 Å². The van der Waals surface area contributed by atoms with Gasteiger partial charge in [0.25, 0.3) is 0 Å². The Labute approximate surface area is 347 Å². The van der Waals surface area contributed by atoms with E-state index in [4.69, 9.17) is 18.9 Å². The molecule has 8 nitrogen and oxygen atoms in total. The van der Waals surface area contributed by atoms with Crippen molar-refractivity contribution in [1.82, 2.24) is 0 Å². The molecule has 0 aromatic rings. The third kappa shape index (κ3) is 9.52. The molecule has 6 aliphatic rings. The number of carbonyl (C=O) groups excluding carboxylic acids is 1. The van der Waals surface area contributed by atoms with E-state index >= 15 is 0 Å². The van der Waals surface area contributed by atoms with Gasteiger partial charge in [-0.15, -0.1) is 0 Å². The molecule has 57 heavy (non-hydrogen) atoms. The lowest BCUT2D eigenvalue weighted by atomic mass is 9.43. The Balaban J connectivity index is 0.883. The molecule has 8 heteroatoms. The summed E-state index contributed by atoms with van der Waals surface area (Å²) in [5, 5.41) is 33.0. The molecule has 16 atom stereocenters. The third-order valence-corrected chi connectivity index (χ3v) is 18.4. The summed E-state index contributed by atoms with van der Waals surface area (Å²) in [4.78, 5) is 13.8. The average Bonchev–Trinajstić information content (AvgIpc) is 3.17. The van der Waals surface area contributed by atoms with Crippen LogP contribution < -0.4 is 0 Å². The molecule has 0 radical (unpaired) electrons. The number of aliphatic hydroxyl groups is 3. The number of ether oxygens (including phenoxy) is 4. The fraction of sp³-hybridized carbons (Fsp3) is 0.980. The first-order valence-corrected chi connectivity index (χ1v) is 23.9. The van der Waals surface area contributed by atoms with Crippen molar-refractivity contribution < 1.29 is 39.1 Å². The minimum absolute atomic E-state index is 0.0143. The summed E-state index contributed by atoms with van der Waals surface area (Å²) in [6, 6.07) is 0. The Morgan fingerprint density at radius 1 is 0.596 bits per heavy atom. The third-order valence-electron chi connectivity index (χ3n) is 18.4. The molecule has 0 amide bonds. The van der Waals surface area contributed by atoms with E-state index in [1.165, 1.54) is 64.2 Å². The van der Waals surface area contributed by atoms with Gasteiger partial charge in [-0.2, -0.15) is 0 Å². The van der Waals surface area contributed by atoms with E-state index in [9.17, 15) is 20.1 Å². The molecule has 0 bridgehead atoms. The van der Waals surface area contributed by atoms with Crippen LogP contribution in [0.1, 0.15) is 165 Å². The highest BCUT2D eigenvalue weighted by Gasteiger charge is 2.61. The van der Waals surface area contributed by atoms with Crippen LogP contribution >= 0.6 is 0 Å². The van der Waals surface area contributed by atoms with Gasteiger partial charge in [-0.3, -0.25) is 4.79 Å². The summed E-state index contributed by atoms with van der Waals surface area (Å²) >= 11 is 0. The van der Waals surface area contributed by atoms with E-state index < -0.39 is 23.9 Å². The maximum absolute atomic E-state index is 13.8. The standard InChI is InChI=1S/C49H86O8/c1-31(2)34-12-16-40-36(24-34)14-18-42-46(40,6)20-10-22-48(42,8)44(52)56-29-38(50)27-54-26-33(5)55-28-39(51)30-57-45(53)49(9)23-11-21-47(7)41-17-13-35(32(3)4)25-37(41)15-19-43(47)49/h31-44,50-52H,10-30H2,1-9H3. The minimum atomic E-state index is -0.925. The van der Waals surface area contributed by atoms with Gasteiger partial charge < -0.3 is 34.3 Å². The summed E-state index contributed by atoms with van der Waals surface area (Å²) in [7, 11) is 0. The lowest BCUT2D eigenvalue weighted by molar-refractivity contribution is -0.244. The Kier molecular flexibility index (Phi) is 15.0. The second-order valence-electron chi connectivity index (χ2n) is 22.5. The molecule has 0 spiro atoms. The first kappa shape index (κ1) is 45.7. The SMILES string of the molecule is CC(COCC(O)COC(O)C1(C)CCCC2(C)C3CCC(C(C)C)CC3CCC12)OCC(O)COC(=O)C1(C)CCCC2(C)C3CCC(C(C)C)CC3CCC12. The monoisotopic (exact) mass is 803 g/mol. The topological polar surface area (TPSA) is 115 Å². The van der Waals surface area contributed by atoms with E-state index in [-0.39, 0.29) is 61.4 Å². The number of rotatable bonds is 16. The van der Waals surface area contributed by atoms with E-state index in [2.05, 4.69) is 55.4 Å². The fourth-order valence-corrected chi connectivity index (χ4v) is 15.1. The van der Waals surface area contributed by atoms with Crippen molar-refractivity contribution >= 4 is 5.97 Å². The van der Waals surface area contributed by atoms with E-state index in [1.807, 2.05) is 6.92 Å². The van der Waals surface area contributed by atoms with Gasteiger partial charge in [-0.25, -0.2) is 0 Å². The molecule has 0 heterocycles. The van der Waals surface area contributed by atoms with Crippen LogP contribution in [0.4, 0.5) is 0 Å². The predicted molar refractivity (Wildman–Crippen MR) is 225 cm³/mol. The van der Waals surface area contributed by atoms with E-state index in [0.29, 0.717) is 17.8 Å². The van der Waals surface area contributed by atoms with Gasteiger partial charge in [-0.1, -0.05) is 61.3 Å². The molecule has 6 rings (SSSR count). The molecular formula is C49H86O8. The average molecular weight is 803 g/mol. The highest BCUT2D eigenvalue weighted by atomic mass is 16.6. The zero-order chi connectivity index (χ0) is 41.3. The number of hydrogen-bond acceptors (Lipinski definition) is 8. The predicted octanol–water partition coefficient (Wildman–Crippen LogP) is 9.60. The molecule has 330 valence electrons. The Morgan fingerprint density at radius 2 is 1.12 bits per heavy atom. The van der Waals surface area contributed by atoms with Crippen LogP contribution in [0.3, 0.4) is 0 Å². The molecule has 0 aliphatic heterocycles. The second-order valence-corrected chi connectivity index (χ2v) is 22.5. The Bertz CT molecular complexity index is 1310. The van der Waals surface area contributed by atoms with Gasteiger partial charge in [0.15, 0.2) is 6.29 Å². The lowest BCUT2D eigenvalue weighted by Crippen LogP contribution is -2.57. The lowest BCUT2D eigenvalue weighted by Gasteiger charge is -2.62. The molecule has 0 aromatic heterocycles. The van der Waals surface area contributed by atoms with Gasteiger partial charge in [0.2, 0.25) is 0 Å². The zero-order valence-corrected chi connectivity index (χ0v) is 37.8. The molecule has 6 saturated carbocycles. The number of fused-ring (bicyclic) bond motifs is 6. The van der Waals surface area contributed by atoms with Crippen molar-refractivity contribution in [2.75, 3.05) is 33.0 Å². The van der Waals surface area contributed by atoms with Crippen LogP contribution in [0.2, 0.25) is 0 Å². The van der Waals surface area contributed by atoms with Gasteiger partial charge in [0.05, 0.1) is 37.9 Å². The van der Waals surface area contributed by atoms with Crippen molar-refractivity contribution in [2.24, 2.45) is 80.8 Å². The molecule has 6 aliphatic carbocycles. The number of carbonyl (C=O) groups is 1. The van der Waals surface area contributed by atoms with Crippen molar-refractivity contribution in [1.29, 1.82) is 0 Å². The molecule has 3 N–H and O–H groups in total. The Hall–Kier alpha value is -0.770. The van der Waals surface area contributed by atoms with Crippen molar-refractivity contribution in [2.45, 2.75) is 190 Å². The zero-order valence-electron chi connectivity index (χ0n) is 37.8. The smallest absolute Gasteiger partial charge is 0.312 e. The molecular weight excluding hydrogens is 717 g/mol. The van der Waals surface area contributed by atoms with Crippen LogP contribution in [0.5, 0.6) is 0 Å². The number of aliphatic hydroxyl groups excluding tert-OH is 3. The maximum atomic E-state index is 13.8. The molecule has 6 fully saturated rings. The van der Waals surface area contributed by atoms with Crippen LogP contribution in [0, 0.1) is 80.8 Å². The van der Waals surface area contributed by atoms with Crippen LogP contribution in [-0.4, -0.2) is 78.9 Å². The first-order valence-electron chi connectivity index (χ1n) is 23.9. The van der Waals surface area contributed by atoms with Crippen molar-refractivity contribution in [3.05, 3.63) is 0 Å². The first-order chi connectivity index (χ1) is 26.9. The molecule has 0 saturated heterocycles. The van der Waals surface area contributed by atoms with Gasteiger partial charge in [-0.05, 0) is 174 Å². The number of hydrogen-bond donors (Lipinski definition) is 3. The highest BCUT2D eigenvalue weighted by molar-refractivity contribution is 5.77. The second kappa shape index (κ2) is 18.7. The minimum Gasteiger partial charge on any atom is -0.462 e.